The highest BCUT2D eigenvalue weighted by molar-refractivity contribution is 5.83. The first-order valence-corrected chi connectivity index (χ1v) is 8.03. The highest BCUT2D eigenvalue weighted by Gasteiger charge is 2.26. The van der Waals surface area contributed by atoms with Gasteiger partial charge in [0.15, 0.2) is 5.82 Å². The second kappa shape index (κ2) is 7.37. The Labute approximate surface area is 135 Å². The standard InChI is InChI=1S/C17H21N3O3/c1-2-22-17(21)16-18-15(19-23-16)14-8-10-20(11-9-14)12-13-6-4-3-5-7-13/h3-7,14H,2,8-12H2,1H3. The summed E-state index contributed by atoms with van der Waals surface area (Å²) in [6.07, 6.45) is 1.93. The fraction of sp³-hybridized carbons (Fsp3) is 0.471. The zero-order valence-corrected chi connectivity index (χ0v) is 13.3. The minimum Gasteiger partial charge on any atom is -0.459 e. The molecule has 0 spiro atoms. The first-order valence-electron chi connectivity index (χ1n) is 8.03. The van der Waals surface area contributed by atoms with Crippen molar-refractivity contribution in [2.75, 3.05) is 19.7 Å². The van der Waals surface area contributed by atoms with E-state index in [9.17, 15) is 4.79 Å². The molecule has 1 saturated heterocycles. The van der Waals surface area contributed by atoms with E-state index in [4.69, 9.17) is 9.26 Å². The van der Waals surface area contributed by atoms with Gasteiger partial charge < -0.3 is 9.26 Å². The molecule has 6 heteroatoms. The minimum absolute atomic E-state index is 0.0476. The average Bonchev–Trinajstić information content (AvgIpc) is 3.07. The van der Waals surface area contributed by atoms with Crippen molar-refractivity contribution in [2.24, 2.45) is 0 Å². The van der Waals surface area contributed by atoms with Crippen molar-refractivity contribution in [3.05, 3.63) is 47.6 Å². The second-order valence-electron chi connectivity index (χ2n) is 5.71. The SMILES string of the molecule is CCOC(=O)c1nc(C2CCN(Cc3ccccc3)CC2)no1. The van der Waals surface area contributed by atoms with E-state index in [0.29, 0.717) is 12.4 Å². The quantitative estimate of drug-likeness (QED) is 0.790. The van der Waals surface area contributed by atoms with Crippen LogP contribution in [0, 0.1) is 0 Å². The normalized spacial score (nSPS) is 16.4. The number of hydrogen-bond acceptors (Lipinski definition) is 6. The largest absolute Gasteiger partial charge is 0.459 e. The van der Waals surface area contributed by atoms with E-state index < -0.39 is 5.97 Å². The van der Waals surface area contributed by atoms with Crippen LogP contribution in [0.5, 0.6) is 0 Å². The molecule has 2 heterocycles. The van der Waals surface area contributed by atoms with Gasteiger partial charge in [-0.05, 0) is 38.4 Å². The fourth-order valence-electron chi connectivity index (χ4n) is 2.87. The molecule has 0 bridgehead atoms. The van der Waals surface area contributed by atoms with Gasteiger partial charge in [0.05, 0.1) is 6.61 Å². The molecular formula is C17H21N3O3. The van der Waals surface area contributed by atoms with Crippen LogP contribution in [0.15, 0.2) is 34.9 Å². The maximum Gasteiger partial charge on any atom is 0.397 e. The maximum atomic E-state index is 11.6. The summed E-state index contributed by atoms with van der Waals surface area (Å²) in [6, 6.07) is 10.5. The molecule has 1 fully saturated rings. The molecule has 23 heavy (non-hydrogen) atoms. The van der Waals surface area contributed by atoms with Crippen LogP contribution < -0.4 is 0 Å². The van der Waals surface area contributed by atoms with Crippen LogP contribution in [0.4, 0.5) is 0 Å². The summed E-state index contributed by atoms with van der Waals surface area (Å²) in [5, 5.41) is 3.95. The number of ether oxygens (including phenoxy) is 1. The molecular weight excluding hydrogens is 294 g/mol. The summed E-state index contributed by atoms with van der Waals surface area (Å²) in [6.45, 7) is 4.99. The molecule has 0 saturated carbocycles. The summed E-state index contributed by atoms with van der Waals surface area (Å²) in [4.78, 5) is 18.2. The lowest BCUT2D eigenvalue weighted by atomic mass is 9.96. The Morgan fingerprint density at radius 1 is 1.30 bits per heavy atom. The van der Waals surface area contributed by atoms with E-state index in [0.717, 1.165) is 32.5 Å². The zero-order chi connectivity index (χ0) is 16.1. The number of rotatable bonds is 5. The monoisotopic (exact) mass is 315 g/mol. The first-order chi connectivity index (χ1) is 11.3. The molecule has 0 aliphatic carbocycles. The first kappa shape index (κ1) is 15.7. The van der Waals surface area contributed by atoms with Crippen molar-refractivity contribution in [2.45, 2.75) is 32.2 Å². The highest BCUT2D eigenvalue weighted by Crippen LogP contribution is 2.26. The smallest absolute Gasteiger partial charge is 0.397 e. The number of nitrogens with zero attached hydrogens (tertiary/aromatic N) is 3. The molecule has 2 aromatic rings. The van der Waals surface area contributed by atoms with Gasteiger partial charge in [-0.3, -0.25) is 4.90 Å². The number of likely N-dealkylation sites (tertiary alicyclic amines) is 1. The molecule has 0 unspecified atom stereocenters. The number of benzene rings is 1. The Balaban J connectivity index is 1.54. The van der Waals surface area contributed by atoms with Crippen molar-refractivity contribution in [3.63, 3.8) is 0 Å². The van der Waals surface area contributed by atoms with Crippen LogP contribution in [-0.4, -0.2) is 40.7 Å². The van der Waals surface area contributed by atoms with E-state index in [1.54, 1.807) is 6.92 Å². The number of carbonyl (C=O) groups excluding carboxylic acids is 1. The topological polar surface area (TPSA) is 68.5 Å². The molecule has 0 N–H and O–H groups in total. The summed E-state index contributed by atoms with van der Waals surface area (Å²) in [7, 11) is 0. The predicted octanol–water partition coefficient (Wildman–Crippen LogP) is 2.63. The van der Waals surface area contributed by atoms with Gasteiger partial charge in [-0.2, -0.15) is 4.98 Å². The second-order valence-corrected chi connectivity index (χ2v) is 5.71. The average molecular weight is 315 g/mol. The van der Waals surface area contributed by atoms with Gasteiger partial charge in [0, 0.05) is 12.5 Å². The Morgan fingerprint density at radius 2 is 2.04 bits per heavy atom. The molecule has 1 aliphatic heterocycles. The maximum absolute atomic E-state index is 11.6. The lowest BCUT2D eigenvalue weighted by Gasteiger charge is -2.30. The van der Waals surface area contributed by atoms with Gasteiger partial charge >= 0.3 is 11.9 Å². The summed E-state index contributed by atoms with van der Waals surface area (Å²) in [5.41, 5.74) is 1.33. The van der Waals surface area contributed by atoms with Crippen molar-refractivity contribution in [3.8, 4) is 0 Å². The Kier molecular flexibility index (Phi) is 5.02. The third-order valence-electron chi connectivity index (χ3n) is 4.09. The van der Waals surface area contributed by atoms with E-state index in [-0.39, 0.29) is 11.8 Å². The molecule has 0 radical (unpaired) electrons. The molecule has 122 valence electrons. The number of hydrogen-bond donors (Lipinski definition) is 0. The van der Waals surface area contributed by atoms with E-state index in [1.807, 2.05) is 6.07 Å². The molecule has 1 aliphatic rings. The van der Waals surface area contributed by atoms with Gasteiger partial charge in [-0.25, -0.2) is 4.79 Å². The number of carbonyl (C=O) groups is 1. The zero-order valence-electron chi connectivity index (χ0n) is 13.3. The van der Waals surface area contributed by atoms with Crippen LogP contribution in [0.2, 0.25) is 0 Å². The summed E-state index contributed by atoms with van der Waals surface area (Å²) in [5.74, 6) is 0.266. The predicted molar refractivity (Wildman–Crippen MR) is 83.9 cm³/mol. The van der Waals surface area contributed by atoms with E-state index in [1.165, 1.54) is 5.56 Å². The van der Waals surface area contributed by atoms with Gasteiger partial charge in [0.25, 0.3) is 0 Å². The van der Waals surface area contributed by atoms with Crippen LogP contribution in [0.25, 0.3) is 0 Å². The van der Waals surface area contributed by atoms with Crippen LogP contribution in [0.1, 0.15) is 47.8 Å². The van der Waals surface area contributed by atoms with E-state index in [2.05, 4.69) is 39.3 Å². The van der Waals surface area contributed by atoms with Crippen LogP contribution in [0.3, 0.4) is 0 Å². The third-order valence-corrected chi connectivity index (χ3v) is 4.09. The van der Waals surface area contributed by atoms with Crippen molar-refractivity contribution >= 4 is 5.97 Å². The Bertz CT molecular complexity index is 634. The van der Waals surface area contributed by atoms with Gasteiger partial charge in [0.1, 0.15) is 0 Å². The van der Waals surface area contributed by atoms with Crippen molar-refractivity contribution < 1.29 is 14.1 Å². The molecule has 0 atom stereocenters. The van der Waals surface area contributed by atoms with Crippen LogP contribution >= 0.6 is 0 Å². The van der Waals surface area contributed by atoms with Gasteiger partial charge in [-0.15, -0.1) is 0 Å². The minimum atomic E-state index is -0.548. The fourth-order valence-corrected chi connectivity index (χ4v) is 2.87. The lowest BCUT2D eigenvalue weighted by Crippen LogP contribution is -2.32. The van der Waals surface area contributed by atoms with Crippen molar-refractivity contribution in [1.29, 1.82) is 0 Å². The lowest BCUT2D eigenvalue weighted by molar-refractivity contribution is 0.0470. The molecule has 1 aromatic carbocycles. The molecule has 0 amide bonds. The third kappa shape index (κ3) is 3.96. The highest BCUT2D eigenvalue weighted by atomic mass is 16.6. The van der Waals surface area contributed by atoms with Crippen LogP contribution in [-0.2, 0) is 11.3 Å². The number of aromatic nitrogens is 2. The number of piperidine rings is 1. The van der Waals surface area contributed by atoms with Gasteiger partial charge in [0.2, 0.25) is 0 Å². The van der Waals surface area contributed by atoms with E-state index >= 15 is 0 Å². The van der Waals surface area contributed by atoms with Gasteiger partial charge in [-0.1, -0.05) is 35.5 Å². The number of esters is 1. The Morgan fingerprint density at radius 3 is 2.74 bits per heavy atom. The van der Waals surface area contributed by atoms with Crippen molar-refractivity contribution in [1.82, 2.24) is 15.0 Å². The molecule has 1 aromatic heterocycles. The molecule has 6 nitrogen and oxygen atoms in total. The summed E-state index contributed by atoms with van der Waals surface area (Å²) >= 11 is 0. The Hall–Kier alpha value is -2.21. The molecule has 3 rings (SSSR count). The summed E-state index contributed by atoms with van der Waals surface area (Å²) < 4.78 is 9.87.